The number of hydrogen-bond donors (Lipinski definition) is 0. The van der Waals surface area contributed by atoms with E-state index in [1.54, 1.807) is 10.9 Å². The van der Waals surface area contributed by atoms with E-state index in [4.69, 9.17) is 0 Å². The van der Waals surface area contributed by atoms with E-state index in [1.165, 1.54) is 4.57 Å². The van der Waals surface area contributed by atoms with E-state index in [-0.39, 0.29) is 17.0 Å². The summed E-state index contributed by atoms with van der Waals surface area (Å²) in [5.41, 5.74) is 0.394. The van der Waals surface area contributed by atoms with Gasteiger partial charge in [-0.1, -0.05) is 20.8 Å². The van der Waals surface area contributed by atoms with Crippen molar-refractivity contribution in [3.63, 3.8) is 0 Å². The molecule has 0 saturated carbocycles. The number of rotatable bonds is 10. The number of nitrogens with zero attached hydrogens (tertiary/aromatic N) is 4. The van der Waals surface area contributed by atoms with Crippen LogP contribution in [0.4, 0.5) is 0 Å². The highest BCUT2D eigenvalue weighted by molar-refractivity contribution is 5.77. The van der Waals surface area contributed by atoms with Crippen LogP contribution in [0.1, 0.15) is 59.3 Å². The van der Waals surface area contributed by atoms with E-state index in [0.717, 1.165) is 12.8 Å². The molecular weight excluding hydrogens is 320 g/mol. The number of hydrogen-bond acceptors (Lipinski definition) is 4. The molecule has 0 N–H and O–H groups in total. The second kappa shape index (κ2) is 8.78. The Kier molecular flexibility index (Phi) is 6.73. The number of aryl methyl sites for hydroxylation is 2. The van der Waals surface area contributed by atoms with Crippen LogP contribution in [0, 0.1) is 0 Å². The van der Waals surface area contributed by atoms with Crippen LogP contribution in [-0.2, 0) is 24.4 Å². The highest BCUT2D eigenvalue weighted by atomic mass is 16.2. The number of Topliss-reactive ketones (excluding diaryl/α,β-unsaturated/α-hetero) is 1. The van der Waals surface area contributed by atoms with E-state index in [9.17, 15) is 14.4 Å². The number of carbonyl (C=O) groups excluding carboxylic acids is 1. The average Bonchev–Trinajstić information content (AvgIpc) is 3.01. The Labute approximate surface area is 147 Å². The Balaban J connectivity index is 2.41. The predicted molar refractivity (Wildman–Crippen MR) is 98.0 cm³/mol. The van der Waals surface area contributed by atoms with Crippen LogP contribution >= 0.6 is 0 Å². The van der Waals surface area contributed by atoms with E-state index >= 15 is 0 Å². The summed E-state index contributed by atoms with van der Waals surface area (Å²) < 4.78 is 4.74. The summed E-state index contributed by atoms with van der Waals surface area (Å²) in [7, 11) is 0. The van der Waals surface area contributed by atoms with Crippen molar-refractivity contribution in [2.24, 2.45) is 0 Å². The van der Waals surface area contributed by atoms with Crippen molar-refractivity contribution in [2.45, 2.75) is 78.9 Å². The lowest BCUT2D eigenvalue weighted by Gasteiger charge is -2.11. The van der Waals surface area contributed by atoms with E-state index < -0.39 is 0 Å². The van der Waals surface area contributed by atoms with Gasteiger partial charge < -0.3 is 4.57 Å². The lowest BCUT2D eigenvalue weighted by Crippen LogP contribution is -2.40. The lowest BCUT2D eigenvalue weighted by atomic mass is 10.1. The normalized spacial score (nSPS) is 11.3. The fourth-order valence-corrected chi connectivity index (χ4v) is 3.04. The summed E-state index contributed by atoms with van der Waals surface area (Å²) in [6.45, 7) is 7.45. The van der Waals surface area contributed by atoms with Crippen molar-refractivity contribution in [3.8, 4) is 0 Å². The summed E-state index contributed by atoms with van der Waals surface area (Å²) in [6.07, 6.45) is 5.69. The van der Waals surface area contributed by atoms with Gasteiger partial charge in [-0.05, 0) is 25.7 Å². The maximum Gasteiger partial charge on any atom is 0.332 e. The van der Waals surface area contributed by atoms with E-state index in [2.05, 4.69) is 4.98 Å². The fraction of sp³-hybridized carbons (Fsp3) is 0.667. The topological polar surface area (TPSA) is 78.9 Å². The minimum Gasteiger partial charge on any atom is -0.325 e. The monoisotopic (exact) mass is 348 g/mol. The van der Waals surface area contributed by atoms with Crippen molar-refractivity contribution < 1.29 is 4.79 Å². The zero-order valence-electron chi connectivity index (χ0n) is 15.5. The van der Waals surface area contributed by atoms with Crippen LogP contribution in [0.15, 0.2) is 15.9 Å². The SMILES string of the molecule is CCCn1cnc2c1c(=O)n(CCCCC(=O)CC)c(=O)n2CCC. The van der Waals surface area contributed by atoms with Crippen LogP contribution in [0.3, 0.4) is 0 Å². The van der Waals surface area contributed by atoms with Crippen molar-refractivity contribution in [1.29, 1.82) is 0 Å². The third-order valence-electron chi connectivity index (χ3n) is 4.38. The van der Waals surface area contributed by atoms with Gasteiger partial charge in [0.25, 0.3) is 5.56 Å². The fourth-order valence-electron chi connectivity index (χ4n) is 3.04. The van der Waals surface area contributed by atoms with Crippen molar-refractivity contribution in [1.82, 2.24) is 18.7 Å². The molecule has 0 unspecified atom stereocenters. The molecule has 7 nitrogen and oxygen atoms in total. The molecule has 0 saturated heterocycles. The van der Waals surface area contributed by atoms with Gasteiger partial charge in [-0.25, -0.2) is 9.78 Å². The standard InChI is InChI=1S/C18H28N4O3/c1-4-10-20-13-19-16-15(20)17(24)22(18(25)21(16)11-5-2)12-8-7-9-14(23)6-3/h13H,4-12H2,1-3H3. The first-order chi connectivity index (χ1) is 12.0. The molecule has 2 heterocycles. The lowest BCUT2D eigenvalue weighted by molar-refractivity contribution is -0.118. The van der Waals surface area contributed by atoms with Crippen LogP contribution in [0.2, 0.25) is 0 Å². The van der Waals surface area contributed by atoms with Gasteiger partial charge in [-0.15, -0.1) is 0 Å². The molecule has 7 heteroatoms. The first kappa shape index (κ1) is 19.1. The number of fused-ring (bicyclic) bond motifs is 1. The van der Waals surface area contributed by atoms with Gasteiger partial charge in [0.1, 0.15) is 5.78 Å². The molecule has 0 bridgehead atoms. The molecule has 2 rings (SSSR count). The van der Waals surface area contributed by atoms with E-state index in [1.807, 2.05) is 25.3 Å². The van der Waals surface area contributed by atoms with Crippen LogP contribution in [0.25, 0.3) is 11.2 Å². The van der Waals surface area contributed by atoms with Crippen LogP contribution < -0.4 is 11.2 Å². The summed E-state index contributed by atoms with van der Waals surface area (Å²) in [5.74, 6) is 0.215. The summed E-state index contributed by atoms with van der Waals surface area (Å²) in [5, 5.41) is 0. The quantitative estimate of drug-likeness (QED) is 0.617. The molecule has 138 valence electrons. The van der Waals surface area contributed by atoms with Crippen molar-refractivity contribution in [3.05, 3.63) is 27.2 Å². The number of imidazole rings is 1. The Morgan fingerprint density at radius 1 is 1.00 bits per heavy atom. The number of aromatic nitrogens is 4. The molecule has 0 atom stereocenters. The zero-order chi connectivity index (χ0) is 18.4. The molecule has 0 radical (unpaired) electrons. The van der Waals surface area contributed by atoms with Gasteiger partial charge in [0.15, 0.2) is 11.2 Å². The molecule has 0 aromatic carbocycles. The Morgan fingerprint density at radius 2 is 1.72 bits per heavy atom. The average molecular weight is 348 g/mol. The maximum atomic E-state index is 12.9. The van der Waals surface area contributed by atoms with Gasteiger partial charge in [0, 0.05) is 32.5 Å². The molecule has 25 heavy (non-hydrogen) atoms. The second-order valence-electron chi connectivity index (χ2n) is 6.35. The Bertz CT molecular complexity index is 844. The molecule has 0 aliphatic carbocycles. The van der Waals surface area contributed by atoms with Crippen LogP contribution in [-0.4, -0.2) is 24.5 Å². The van der Waals surface area contributed by atoms with Crippen molar-refractivity contribution in [2.75, 3.05) is 0 Å². The number of carbonyl (C=O) groups is 1. The van der Waals surface area contributed by atoms with Gasteiger partial charge in [-0.3, -0.25) is 18.7 Å². The molecule has 0 amide bonds. The Morgan fingerprint density at radius 3 is 2.36 bits per heavy atom. The predicted octanol–water partition coefficient (Wildman–Crippen LogP) is 2.33. The first-order valence-corrected chi connectivity index (χ1v) is 9.25. The molecule has 0 aliphatic heterocycles. The highest BCUT2D eigenvalue weighted by Gasteiger charge is 2.17. The molecule has 0 fully saturated rings. The third kappa shape index (κ3) is 4.08. The number of unbranched alkanes of at least 4 members (excludes halogenated alkanes) is 1. The summed E-state index contributed by atoms with van der Waals surface area (Å²) in [6, 6.07) is 0. The molecule has 2 aromatic rings. The summed E-state index contributed by atoms with van der Waals surface area (Å²) >= 11 is 0. The molecule has 2 aromatic heterocycles. The van der Waals surface area contributed by atoms with Gasteiger partial charge in [-0.2, -0.15) is 0 Å². The van der Waals surface area contributed by atoms with Gasteiger partial charge in [0.05, 0.1) is 6.33 Å². The largest absolute Gasteiger partial charge is 0.332 e. The van der Waals surface area contributed by atoms with Crippen molar-refractivity contribution >= 4 is 16.9 Å². The zero-order valence-corrected chi connectivity index (χ0v) is 15.5. The smallest absolute Gasteiger partial charge is 0.325 e. The second-order valence-corrected chi connectivity index (χ2v) is 6.35. The van der Waals surface area contributed by atoms with Crippen LogP contribution in [0.5, 0.6) is 0 Å². The molecular formula is C18H28N4O3. The minimum absolute atomic E-state index is 0.215. The maximum absolute atomic E-state index is 12.9. The highest BCUT2D eigenvalue weighted by Crippen LogP contribution is 2.09. The van der Waals surface area contributed by atoms with E-state index in [0.29, 0.717) is 56.5 Å². The third-order valence-corrected chi connectivity index (χ3v) is 4.38. The first-order valence-electron chi connectivity index (χ1n) is 9.25. The number of ketones is 1. The summed E-state index contributed by atoms with van der Waals surface area (Å²) in [4.78, 5) is 41.3. The van der Waals surface area contributed by atoms with Gasteiger partial charge >= 0.3 is 5.69 Å². The molecule has 0 aliphatic rings. The van der Waals surface area contributed by atoms with Gasteiger partial charge in [0.2, 0.25) is 0 Å². The molecule has 0 spiro atoms. The minimum atomic E-state index is -0.303. The Hall–Kier alpha value is -2.18.